The molecule has 4 fully saturated rings. The van der Waals surface area contributed by atoms with Crippen molar-refractivity contribution in [3.05, 3.63) is 205 Å². The van der Waals surface area contributed by atoms with E-state index in [9.17, 15) is 0 Å². The molecule has 1 aromatic heterocycles. The summed E-state index contributed by atoms with van der Waals surface area (Å²) in [7, 11) is 0. The molecule has 9 aromatic rings. The van der Waals surface area contributed by atoms with Gasteiger partial charge in [0.15, 0.2) is 0 Å². The van der Waals surface area contributed by atoms with Crippen molar-refractivity contribution in [3.63, 3.8) is 0 Å². The highest BCUT2D eigenvalue weighted by molar-refractivity contribution is 6.09. The van der Waals surface area contributed by atoms with Gasteiger partial charge in [0.25, 0.3) is 0 Å². The summed E-state index contributed by atoms with van der Waals surface area (Å²) in [6.07, 6.45) is 7.01. The second-order valence-electron chi connectivity index (χ2n) is 18.1. The molecule has 4 bridgehead atoms. The Morgan fingerprint density at radius 2 is 1.00 bits per heavy atom. The normalized spacial score (nSPS) is 22.1. The first kappa shape index (κ1) is 34.2. The summed E-state index contributed by atoms with van der Waals surface area (Å²) in [6.45, 7) is 0. The third-order valence-electron chi connectivity index (χ3n) is 15.2. The number of aromatic nitrogens is 1. The van der Waals surface area contributed by atoms with Crippen molar-refractivity contribution >= 4 is 38.9 Å². The van der Waals surface area contributed by atoms with Crippen LogP contribution >= 0.6 is 0 Å². The smallest absolute Gasteiger partial charge is 0.0541 e. The number of hydrogen-bond acceptors (Lipinski definition) is 1. The minimum Gasteiger partial charge on any atom is -0.310 e. The highest BCUT2D eigenvalue weighted by Gasteiger charge is 2.61. The average molecular weight is 771 g/mol. The predicted octanol–water partition coefficient (Wildman–Crippen LogP) is 15.3. The van der Waals surface area contributed by atoms with Crippen molar-refractivity contribution in [2.24, 2.45) is 23.7 Å². The van der Waals surface area contributed by atoms with Crippen molar-refractivity contribution in [1.29, 1.82) is 0 Å². The fraction of sp³-hybridized carbons (Fsp3) is 0.172. The molecule has 288 valence electrons. The lowest BCUT2D eigenvalue weighted by atomic mass is 9.43. The topological polar surface area (TPSA) is 8.17 Å². The van der Waals surface area contributed by atoms with Gasteiger partial charge in [-0.05, 0) is 149 Å². The molecular weight excluding hydrogens is 725 g/mol. The third kappa shape index (κ3) is 4.94. The van der Waals surface area contributed by atoms with Crippen molar-refractivity contribution in [2.75, 3.05) is 4.90 Å². The van der Waals surface area contributed by atoms with E-state index in [4.69, 9.17) is 0 Å². The molecule has 2 nitrogen and oxygen atoms in total. The van der Waals surface area contributed by atoms with Gasteiger partial charge in [-0.25, -0.2) is 0 Å². The Hall–Kier alpha value is -6.64. The van der Waals surface area contributed by atoms with Gasteiger partial charge < -0.3 is 9.47 Å². The van der Waals surface area contributed by atoms with Crippen LogP contribution in [0.5, 0.6) is 0 Å². The molecule has 0 aliphatic heterocycles. The Labute approximate surface area is 352 Å². The summed E-state index contributed by atoms with van der Waals surface area (Å²) in [5, 5.41) is 2.54. The zero-order chi connectivity index (χ0) is 39.4. The largest absolute Gasteiger partial charge is 0.310 e. The fourth-order valence-corrected chi connectivity index (χ4v) is 13.1. The van der Waals surface area contributed by atoms with Gasteiger partial charge in [0.2, 0.25) is 0 Å². The van der Waals surface area contributed by atoms with Crippen molar-refractivity contribution in [2.45, 2.75) is 37.5 Å². The van der Waals surface area contributed by atoms with E-state index in [1.807, 2.05) is 0 Å². The lowest BCUT2D eigenvalue weighted by Crippen LogP contribution is -2.55. The summed E-state index contributed by atoms with van der Waals surface area (Å²) >= 11 is 0. The molecule has 60 heavy (non-hydrogen) atoms. The van der Waals surface area contributed by atoms with Crippen molar-refractivity contribution in [3.8, 4) is 39.1 Å². The predicted molar refractivity (Wildman–Crippen MR) is 250 cm³/mol. The molecule has 0 amide bonds. The Balaban J connectivity index is 1.05. The maximum atomic E-state index is 2.57. The van der Waals surface area contributed by atoms with Crippen LogP contribution in [0.15, 0.2) is 194 Å². The number of nitrogens with zero attached hydrogens (tertiary/aromatic N) is 2. The summed E-state index contributed by atoms with van der Waals surface area (Å²) in [6, 6.07) is 72.8. The van der Waals surface area contributed by atoms with Crippen LogP contribution in [-0.2, 0) is 5.41 Å². The number of para-hydroxylation sites is 2. The minimum atomic E-state index is 0.131. The molecule has 0 N–H and O–H groups in total. The van der Waals surface area contributed by atoms with Crippen LogP contribution < -0.4 is 4.90 Å². The Morgan fingerprint density at radius 1 is 0.400 bits per heavy atom. The van der Waals surface area contributed by atoms with Gasteiger partial charge in [-0.1, -0.05) is 140 Å². The van der Waals surface area contributed by atoms with E-state index in [1.165, 1.54) is 93.0 Å². The van der Waals surface area contributed by atoms with Gasteiger partial charge in [0, 0.05) is 38.8 Å². The van der Waals surface area contributed by atoms with E-state index in [2.05, 4.69) is 204 Å². The molecule has 0 saturated heterocycles. The van der Waals surface area contributed by atoms with Crippen LogP contribution in [-0.4, -0.2) is 4.57 Å². The molecule has 5 aliphatic rings. The Morgan fingerprint density at radius 3 is 1.72 bits per heavy atom. The second-order valence-corrected chi connectivity index (χ2v) is 18.1. The summed E-state index contributed by atoms with van der Waals surface area (Å²) in [5.74, 6) is 3.30. The quantitative estimate of drug-likeness (QED) is 0.163. The Bertz CT molecular complexity index is 3040. The van der Waals surface area contributed by atoms with Crippen molar-refractivity contribution < 1.29 is 0 Å². The highest BCUT2D eigenvalue weighted by Crippen LogP contribution is 2.69. The number of hydrogen-bond donors (Lipinski definition) is 0. The number of anilines is 3. The first-order valence-electron chi connectivity index (χ1n) is 22.1. The first-order valence-corrected chi connectivity index (χ1v) is 22.1. The maximum Gasteiger partial charge on any atom is 0.0541 e. The zero-order valence-electron chi connectivity index (χ0n) is 33.7. The number of rotatable bonds is 6. The van der Waals surface area contributed by atoms with Gasteiger partial charge in [-0.15, -0.1) is 0 Å². The van der Waals surface area contributed by atoms with E-state index in [0.29, 0.717) is 0 Å². The maximum absolute atomic E-state index is 2.57. The zero-order valence-corrected chi connectivity index (χ0v) is 33.7. The van der Waals surface area contributed by atoms with E-state index in [-0.39, 0.29) is 5.41 Å². The standard InChI is InChI=1S/C58H46N2/c1-3-14-40(15-4-1)42-26-29-57(51(35-42)41-16-5-2-6-17-41)59(45-18-13-19-46(36-45)60-55-24-11-8-21-49(55)50-22-9-12-25-56(50)60)47-27-28-54-52(37-47)48-20-7-10-23-53(48)58(54)43-31-38-30-39(33-43)34-44(58)32-38/h1-29,35-39,43-44H,30-34H2. The van der Waals surface area contributed by atoms with Gasteiger partial charge in [-0.3, -0.25) is 0 Å². The Kier molecular flexibility index (Phi) is 7.52. The second kappa shape index (κ2) is 13.2. The fourth-order valence-electron chi connectivity index (χ4n) is 13.1. The molecule has 0 atom stereocenters. The van der Waals surface area contributed by atoms with E-state index in [1.54, 1.807) is 11.1 Å². The summed E-state index contributed by atoms with van der Waals surface area (Å²) in [5.41, 5.74) is 18.1. The van der Waals surface area contributed by atoms with Crippen LogP contribution in [0, 0.1) is 23.7 Å². The monoisotopic (exact) mass is 770 g/mol. The lowest BCUT2D eigenvalue weighted by Gasteiger charge is -2.61. The molecule has 1 heterocycles. The van der Waals surface area contributed by atoms with Crippen LogP contribution in [0.1, 0.15) is 43.2 Å². The SMILES string of the molecule is c1ccc(-c2ccc(N(c3cccc(-n4c5ccccc5c5ccccc54)c3)c3ccc4c(c3)-c3ccccc3C43C4CC5CC(C4)CC3C5)c(-c3ccccc3)c2)cc1. The first-order chi connectivity index (χ1) is 29.7. The van der Waals surface area contributed by atoms with Crippen molar-refractivity contribution in [1.82, 2.24) is 4.57 Å². The molecule has 0 unspecified atom stereocenters. The van der Waals surface area contributed by atoms with E-state index >= 15 is 0 Å². The number of benzene rings is 8. The number of fused-ring (bicyclic) bond motifs is 6. The summed E-state index contributed by atoms with van der Waals surface area (Å²) in [4.78, 5) is 2.54. The van der Waals surface area contributed by atoms with E-state index in [0.717, 1.165) is 40.7 Å². The summed E-state index contributed by atoms with van der Waals surface area (Å²) < 4.78 is 2.44. The van der Waals surface area contributed by atoms with Crippen LogP contribution in [0.3, 0.4) is 0 Å². The molecular formula is C58H46N2. The van der Waals surface area contributed by atoms with Crippen LogP contribution in [0.4, 0.5) is 17.1 Å². The van der Waals surface area contributed by atoms with Gasteiger partial charge in [0.1, 0.15) is 0 Å². The van der Waals surface area contributed by atoms with Gasteiger partial charge in [-0.2, -0.15) is 0 Å². The van der Waals surface area contributed by atoms with Gasteiger partial charge in [0.05, 0.1) is 16.7 Å². The van der Waals surface area contributed by atoms with Crippen LogP contribution in [0.25, 0.3) is 60.9 Å². The van der Waals surface area contributed by atoms with E-state index < -0.39 is 0 Å². The lowest BCUT2D eigenvalue weighted by molar-refractivity contribution is -0.0399. The third-order valence-corrected chi connectivity index (χ3v) is 15.2. The molecule has 14 rings (SSSR count). The average Bonchev–Trinajstić information content (AvgIpc) is 3.79. The molecule has 0 radical (unpaired) electrons. The van der Waals surface area contributed by atoms with Gasteiger partial charge >= 0.3 is 0 Å². The molecule has 4 saturated carbocycles. The molecule has 8 aromatic carbocycles. The molecule has 5 aliphatic carbocycles. The highest BCUT2D eigenvalue weighted by atomic mass is 15.1. The van der Waals surface area contributed by atoms with Crippen LogP contribution in [0.2, 0.25) is 0 Å². The molecule has 1 spiro atoms. The molecule has 2 heteroatoms. The minimum absolute atomic E-state index is 0.131.